The van der Waals surface area contributed by atoms with Gasteiger partial charge >= 0.3 is 19.6 Å². The molecule has 2 aromatic rings. The maximum absolute atomic E-state index is 12.0. The molecule has 0 radical (unpaired) electrons. The summed E-state index contributed by atoms with van der Waals surface area (Å²) in [4.78, 5) is 11.8. The average molecular weight is 345 g/mol. The summed E-state index contributed by atoms with van der Waals surface area (Å²) in [6.07, 6.45) is 2.80. The molecule has 0 heterocycles. The van der Waals surface area contributed by atoms with Crippen molar-refractivity contribution in [3.05, 3.63) is 71.8 Å². The Hall–Kier alpha value is -2.03. The smallest absolute Gasteiger partial charge is 0.387 e. The zero-order chi connectivity index (χ0) is 17.2. The zero-order valence-corrected chi connectivity index (χ0v) is 14.4. The van der Waals surface area contributed by atoms with Gasteiger partial charge in [-0.25, -0.2) is 4.79 Å². The molecule has 0 aliphatic heterocycles. The van der Waals surface area contributed by atoms with Crippen LogP contribution in [0.1, 0.15) is 24.0 Å². The van der Waals surface area contributed by atoms with Gasteiger partial charge in [0.2, 0.25) is 0 Å². The van der Waals surface area contributed by atoms with Gasteiger partial charge in [0.1, 0.15) is 12.8 Å². The van der Waals surface area contributed by atoms with Crippen molar-refractivity contribution in [3.8, 4) is 0 Å². The van der Waals surface area contributed by atoms with E-state index in [1.165, 1.54) is 5.56 Å². The third kappa shape index (κ3) is 6.23. The van der Waals surface area contributed by atoms with Crippen molar-refractivity contribution < 1.29 is 19.2 Å². The first kappa shape index (κ1) is 18.3. The maximum Gasteiger partial charge on any atom is 0.387 e. The second-order valence-corrected chi connectivity index (χ2v) is 7.32. The minimum atomic E-state index is -2.01. The van der Waals surface area contributed by atoms with Gasteiger partial charge in [-0.1, -0.05) is 65.2 Å². The molecule has 2 atom stereocenters. The zero-order valence-electron chi connectivity index (χ0n) is 13.5. The van der Waals surface area contributed by atoms with E-state index in [1.54, 1.807) is 0 Å². The van der Waals surface area contributed by atoms with Crippen LogP contribution in [0.25, 0.3) is 0 Å². The number of aryl methyl sites for hydroxylation is 1. The predicted molar refractivity (Wildman–Crippen MR) is 94.1 cm³/mol. The average Bonchev–Trinajstić information content (AvgIpc) is 2.64. The molecule has 0 saturated heterocycles. The van der Waals surface area contributed by atoms with Crippen molar-refractivity contribution in [2.24, 2.45) is 0 Å². The summed E-state index contributed by atoms with van der Waals surface area (Å²) in [7, 11) is -2.01. The number of ether oxygens (including phenoxy) is 1. The summed E-state index contributed by atoms with van der Waals surface area (Å²) < 4.78 is 17.0. The van der Waals surface area contributed by atoms with Crippen molar-refractivity contribution >= 4 is 13.8 Å². The molecule has 2 aromatic carbocycles. The molecule has 2 rings (SSSR count). The molecule has 0 bridgehead atoms. The van der Waals surface area contributed by atoms with Gasteiger partial charge < -0.3 is 9.84 Å². The van der Waals surface area contributed by atoms with Crippen molar-refractivity contribution in [2.75, 3.05) is 6.16 Å². The molecule has 24 heavy (non-hydrogen) atoms. The lowest BCUT2D eigenvalue weighted by Gasteiger charge is -2.04. The fraction of sp³-hybridized carbons (Fsp3) is 0.316. The van der Waals surface area contributed by atoms with E-state index in [4.69, 9.17) is 4.74 Å². The summed E-state index contributed by atoms with van der Waals surface area (Å²) in [5, 5.41) is 9.82. The molecule has 0 spiro atoms. The third-order valence-corrected chi connectivity index (χ3v) is 5.16. The Morgan fingerprint density at radius 1 is 0.958 bits per heavy atom. The molecule has 0 aliphatic carbocycles. The van der Waals surface area contributed by atoms with Crippen molar-refractivity contribution in [1.82, 2.24) is 0 Å². The molecule has 5 heteroatoms. The van der Waals surface area contributed by atoms with Crippen LogP contribution in [0.4, 0.5) is 0 Å². The van der Waals surface area contributed by atoms with Gasteiger partial charge in [-0.2, -0.15) is 0 Å². The molecule has 0 saturated carbocycles. The first-order valence-electron chi connectivity index (χ1n) is 8.03. The minimum absolute atomic E-state index is 0.0773. The van der Waals surface area contributed by atoms with Crippen LogP contribution < -0.4 is 0 Å². The molecular formula is C19H22O4P+. The molecule has 1 N–H and O–H groups in total. The molecule has 0 aromatic heterocycles. The number of esters is 1. The Bertz CT molecular complexity index is 643. The van der Waals surface area contributed by atoms with E-state index in [2.05, 4.69) is 12.1 Å². The van der Waals surface area contributed by atoms with Crippen LogP contribution >= 0.6 is 7.80 Å². The number of unbranched alkanes of at least 4 members (excludes halogenated alkanes) is 1. The highest BCUT2D eigenvalue weighted by molar-refractivity contribution is 7.46. The van der Waals surface area contributed by atoms with E-state index in [0.29, 0.717) is 12.6 Å². The second-order valence-electron chi connectivity index (χ2n) is 5.55. The lowest BCUT2D eigenvalue weighted by atomic mass is 10.1. The Labute approximate surface area is 143 Å². The van der Waals surface area contributed by atoms with Gasteiger partial charge in [0.05, 0.1) is 0 Å². The molecule has 126 valence electrons. The van der Waals surface area contributed by atoms with Gasteiger partial charge in [-0.05, 0) is 30.4 Å². The van der Waals surface area contributed by atoms with Gasteiger partial charge in [-0.3, -0.25) is 0 Å². The normalized spacial score (nSPS) is 12.5. The highest BCUT2D eigenvalue weighted by Crippen LogP contribution is 2.29. The summed E-state index contributed by atoms with van der Waals surface area (Å²) in [5.41, 5.74) is 2.06. The number of carbonyl (C=O) groups excluding carboxylic acids is 1. The highest BCUT2D eigenvalue weighted by Gasteiger charge is 2.36. The van der Waals surface area contributed by atoms with Crippen LogP contribution in [-0.2, 0) is 27.1 Å². The van der Waals surface area contributed by atoms with Gasteiger partial charge in [0.15, 0.2) is 0 Å². The lowest BCUT2D eigenvalue weighted by molar-refractivity contribution is -0.150. The Balaban J connectivity index is 1.66. The number of hydrogen-bond acceptors (Lipinski definition) is 4. The van der Waals surface area contributed by atoms with E-state index in [0.717, 1.165) is 18.4 Å². The van der Waals surface area contributed by atoms with Crippen molar-refractivity contribution in [2.45, 2.75) is 31.7 Å². The van der Waals surface area contributed by atoms with Gasteiger partial charge in [-0.15, -0.1) is 0 Å². The van der Waals surface area contributed by atoms with Crippen LogP contribution in [0, 0.1) is 0 Å². The predicted octanol–water partition coefficient (Wildman–Crippen LogP) is 3.90. The molecule has 0 fully saturated rings. The summed E-state index contributed by atoms with van der Waals surface area (Å²) in [6, 6.07) is 19.2. The van der Waals surface area contributed by atoms with E-state index in [1.807, 2.05) is 48.5 Å². The van der Waals surface area contributed by atoms with Crippen molar-refractivity contribution in [3.63, 3.8) is 0 Å². The Kier molecular flexibility index (Phi) is 7.60. The standard InChI is InChI=1S/C19H22O4P/c20-18(23-15-17-12-5-2-6-13-17)19(21)24(22)14-8-7-11-16-9-3-1-4-10-16/h1-6,9-10,12-13,19,21H,7-8,11,14-15H2/q+1/t19-/m0/s1. The summed E-state index contributed by atoms with van der Waals surface area (Å²) in [5.74, 6) is -2.36. The summed E-state index contributed by atoms with van der Waals surface area (Å²) in [6.45, 7) is 0.0773. The molecule has 0 amide bonds. The highest BCUT2D eigenvalue weighted by atomic mass is 31.1. The molecule has 1 unspecified atom stereocenters. The van der Waals surface area contributed by atoms with E-state index in [9.17, 15) is 14.5 Å². The van der Waals surface area contributed by atoms with Crippen LogP contribution in [0.15, 0.2) is 60.7 Å². The van der Waals surface area contributed by atoms with Crippen LogP contribution in [0.2, 0.25) is 0 Å². The van der Waals surface area contributed by atoms with E-state index < -0.39 is 19.6 Å². The monoisotopic (exact) mass is 345 g/mol. The van der Waals surface area contributed by atoms with Crippen LogP contribution in [0.5, 0.6) is 0 Å². The molecular weight excluding hydrogens is 323 g/mol. The van der Waals surface area contributed by atoms with E-state index >= 15 is 0 Å². The van der Waals surface area contributed by atoms with Gasteiger partial charge in [0, 0.05) is 0 Å². The molecule has 0 aliphatic rings. The number of aliphatic hydroxyl groups is 1. The first-order valence-corrected chi connectivity index (χ1v) is 9.54. The summed E-state index contributed by atoms with van der Waals surface area (Å²) >= 11 is 0. The number of hydrogen-bond donors (Lipinski definition) is 1. The molecule has 4 nitrogen and oxygen atoms in total. The lowest BCUT2D eigenvalue weighted by Crippen LogP contribution is -2.20. The Morgan fingerprint density at radius 3 is 2.17 bits per heavy atom. The number of aliphatic hydroxyl groups excluding tert-OH is 1. The fourth-order valence-electron chi connectivity index (χ4n) is 2.28. The first-order chi connectivity index (χ1) is 11.7. The quantitative estimate of drug-likeness (QED) is 0.425. The largest absolute Gasteiger partial charge is 0.456 e. The van der Waals surface area contributed by atoms with E-state index in [-0.39, 0.29) is 6.61 Å². The third-order valence-electron chi connectivity index (χ3n) is 3.64. The van der Waals surface area contributed by atoms with Crippen LogP contribution in [-0.4, -0.2) is 23.1 Å². The Morgan fingerprint density at radius 2 is 1.54 bits per heavy atom. The topological polar surface area (TPSA) is 63.6 Å². The number of rotatable bonds is 9. The maximum atomic E-state index is 12.0. The fourth-order valence-corrected chi connectivity index (χ4v) is 3.37. The SMILES string of the molecule is O=C(OCc1ccccc1)[C@@H](O)[P+](=O)CCCCc1ccccc1. The minimum Gasteiger partial charge on any atom is -0.456 e. The van der Waals surface area contributed by atoms with Gasteiger partial charge in [0.25, 0.3) is 0 Å². The van der Waals surface area contributed by atoms with Crippen molar-refractivity contribution in [1.29, 1.82) is 0 Å². The second kappa shape index (κ2) is 9.96. The van der Waals surface area contributed by atoms with Crippen LogP contribution in [0.3, 0.4) is 0 Å². The number of benzene rings is 2. The number of carbonyl (C=O) groups is 1.